The van der Waals surface area contributed by atoms with Gasteiger partial charge in [0.1, 0.15) is 0 Å². The van der Waals surface area contributed by atoms with Crippen LogP contribution in [0.4, 0.5) is 11.4 Å². The fourth-order valence-electron chi connectivity index (χ4n) is 4.25. The number of nitrogens with one attached hydrogen (secondary N) is 2. The van der Waals surface area contributed by atoms with E-state index in [-0.39, 0.29) is 23.7 Å². The number of hydrogen-bond acceptors (Lipinski definition) is 2. The minimum absolute atomic E-state index is 0.0174. The molecule has 0 saturated heterocycles. The van der Waals surface area contributed by atoms with Crippen LogP contribution in [0.25, 0.3) is 0 Å². The Morgan fingerprint density at radius 2 is 1.03 bits per heavy atom. The van der Waals surface area contributed by atoms with Crippen LogP contribution in [0.5, 0.6) is 0 Å². The number of amides is 2. The smallest absolute Gasteiger partial charge is 0.228 e. The Hall–Kier alpha value is -3.40. The number of rotatable bonds is 6. The largest absolute Gasteiger partial charge is 0.326 e. The maximum absolute atomic E-state index is 12.6. The van der Waals surface area contributed by atoms with Crippen LogP contribution in [0.3, 0.4) is 0 Å². The lowest BCUT2D eigenvalue weighted by atomic mass is 10.1. The van der Waals surface area contributed by atoms with Gasteiger partial charge in [0.15, 0.2) is 0 Å². The molecular formula is C26H24N2O2. The zero-order chi connectivity index (χ0) is 20.5. The van der Waals surface area contributed by atoms with Crippen LogP contribution >= 0.6 is 0 Å². The molecule has 0 heterocycles. The highest BCUT2D eigenvalue weighted by molar-refractivity contribution is 5.98. The third kappa shape index (κ3) is 3.99. The van der Waals surface area contributed by atoms with E-state index in [9.17, 15) is 9.59 Å². The van der Waals surface area contributed by atoms with Crippen LogP contribution in [-0.2, 0) is 9.59 Å². The summed E-state index contributed by atoms with van der Waals surface area (Å²) in [4.78, 5) is 25.2. The first-order valence-corrected chi connectivity index (χ1v) is 10.5. The summed E-state index contributed by atoms with van der Waals surface area (Å²) in [6, 6.07) is 27.7. The molecule has 0 bridgehead atoms. The van der Waals surface area contributed by atoms with Crippen LogP contribution in [0.1, 0.15) is 35.8 Å². The van der Waals surface area contributed by atoms with Crippen LogP contribution in [0.2, 0.25) is 0 Å². The van der Waals surface area contributed by atoms with Crippen molar-refractivity contribution in [3.63, 3.8) is 0 Å². The SMILES string of the molecule is O=C(Nc1cccc(NC(=O)[C@@H]2C[C@@H]2c2ccccc2)c1)[C@H]1C[C@H]1c1ccccc1. The molecule has 2 saturated carbocycles. The first-order chi connectivity index (χ1) is 14.7. The molecule has 0 spiro atoms. The molecule has 150 valence electrons. The fraction of sp³-hybridized carbons (Fsp3) is 0.231. The molecule has 2 amide bonds. The Kier molecular flexibility index (Phi) is 4.83. The first kappa shape index (κ1) is 18.6. The lowest BCUT2D eigenvalue weighted by Gasteiger charge is -2.09. The van der Waals surface area contributed by atoms with E-state index in [0.29, 0.717) is 23.2 Å². The average molecular weight is 396 g/mol. The molecule has 4 atom stereocenters. The summed E-state index contributed by atoms with van der Waals surface area (Å²) < 4.78 is 0. The highest BCUT2D eigenvalue weighted by Gasteiger charge is 2.44. The Morgan fingerprint density at radius 1 is 0.600 bits per heavy atom. The molecule has 30 heavy (non-hydrogen) atoms. The minimum Gasteiger partial charge on any atom is -0.326 e. The molecule has 5 rings (SSSR count). The number of anilines is 2. The molecule has 0 aromatic heterocycles. The second-order valence-electron chi connectivity index (χ2n) is 8.28. The standard InChI is InChI=1S/C26H24N2O2/c29-25(23-15-21(23)17-8-3-1-4-9-17)27-19-12-7-13-20(14-19)28-26(30)24-16-22(24)18-10-5-2-6-11-18/h1-14,21-24H,15-16H2,(H,27,29)(H,28,30)/t21-,22+,23-,24+. The highest BCUT2D eigenvalue weighted by Crippen LogP contribution is 2.48. The zero-order valence-corrected chi connectivity index (χ0v) is 16.6. The highest BCUT2D eigenvalue weighted by atomic mass is 16.2. The molecule has 2 fully saturated rings. The van der Waals surface area contributed by atoms with Gasteiger partial charge in [-0.25, -0.2) is 0 Å². The lowest BCUT2D eigenvalue weighted by molar-refractivity contribution is -0.118. The monoisotopic (exact) mass is 396 g/mol. The van der Waals surface area contributed by atoms with Crippen molar-refractivity contribution in [3.05, 3.63) is 96.1 Å². The summed E-state index contributed by atoms with van der Waals surface area (Å²) in [5.74, 6) is 0.725. The van der Waals surface area contributed by atoms with Gasteiger partial charge in [0.2, 0.25) is 11.8 Å². The van der Waals surface area contributed by atoms with Crippen molar-refractivity contribution < 1.29 is 9.59 Å². The van der Waals surface area contributed by atoms with Crippen molar-refractivity contribution in [1.82, 2.24) is 0 Å². The van der Waals surface area contributed by atoms with Gasteiger partial charge >= 0.3 is 0 Å². The molecular weight excluding hydrogens is 372 g/mol. The predicted octanol–water partition coefficient (Wildman–Crippen LogP) is 5.17. The molecule has 3 aromatic carbocycles. The van der Waals surface area contributed by atoms with Gasteiger partial charge in [-0.2, -0.15) is 0 Å². The molecule has 4 nitrogen and oxygen atoms in total. The van der Waals surface area contributed by atoms with E-state index in [1.54, 1.807) is 0 Å². The van der Waals surface area contributed by atoms with Crippen molar-refractivity contribution in [1.29, 1.82) is 0 Å². The Balaban J connectivity index is 1.17. The third-order valence-corrected chi connectivity index (χ3v) is 6.11. The topological polar surface area (TPSA) is 58.2 Å². The fourth-order valence-corrected chi connectivity index (χ4v) is 4.25. The quantitative estimate of drug-likeness (QED) is 0.604. The molecule has 3 aromatic rings. The minimum atomic E-state index is 0.0174. The van der Waals surface area contributed by atoms with Gasteiger partial charge in [-0.3, -0.25) is 9.59 Å². The van der Waals surface area contributed by atoms with E-state index in [2.05, 4.69) is 34.9 Å². The van der Waals surface area contributed by atoms with E-state index >= 15 is 0 Å². The van der Waals surface area contributed by atoms with E-state index in [0.717, 1.165) is 12.8 Å². The van der Waals surface area contributed by atoms with Gasteiger partial charge < -0.3 is 10.6 Å². The summed E-state index contributed by atoms with van der Waals surface area (Å²) in [5, 5.41) is 6.01. The van der Waals surface area contributed by atoms with Crippen LogP contribution < -0.4 is 10.6 Å². The van der Waals surface area contributed by atoms with E-state index < -0.39 is 0 Å². The number of hydrogen-bond donors (Lipinski definition) is 2. The van der Waals surface area contributed by atoms with Crippen molar-refractivity contribution in [2.24, 2.45) is 11.8 Å². The molecule has 0 radical (unpaired) electrons. The maximum Gasteiger partial charge on any atom is 0.228 e. The van der Waals surface area contributed by atoms with Gasteiger partial charge in [0, 0.05) is 23.2 Å². The zero-order valence-electron chi connectivity index (χ0n) is 16.6. The summed E-state index contributed by atoms with van der Waals surface area (Å²) in [7, 11) is 0. The third-order valence-electron chi connectivity index (χ3n) is 6.11. The molecule has 0 aliphatic heterocycles. The maximum atomic E-state index is 12.6. The summed E-state index contributed by atoms with van der Waals surface area (Å²) in [6.07, 6.45) is 1.77. The Bertz CT molecular complexity index is 982. The van der Waals surface area contributed by atoms with Crippen LogP contribution in [0.15, 0.2) is 84.9 Å². The summed E-state index contributed by atoms with van der Waals surface area (Å²) in [5.41, 5.74) is 3.87. The van der Waals surface area contributed by atoms with E-state index in [1.165, 1.54) is 11.1 Å². The van der Waals surface area contributed by atoms with Crippen molar-refractivity contribution in [2.75, 3.05) is 10.6 Å². The second-order valence-corrected chi connectivity index (χ2v) is 8.28. The number of benzene rings is 3. The Morgan fingerprint density at radius 3 is 1.47 bits per heavy atom. The molecule has 2 aliphatic rings. The number of carbonyl (C=O) groups is 2. The van der Waals surface area contributed by atoms with Crippen molar-refractivity contribution in [3.8, 4) is 0 Å². The van der Waals surface area contributed by atoms with Crippen molar-refractivity contribution >= 4 is 23.2 Å². The Labute approximate surface area is 176 Å². The number of carbonyl (C=O) groups excluding carboxylic acids is 2. The summed E-state index contributed by atoms with van der Waals surface area (Å²) >= 11 is 0. The van der Waals surface area contributed by atoms with Gasteiger partial charge in [0.25, 0.3) is 0 Å². The lowest BCUT2D eigenvalue weighted by Crippen LogP contribution is -2.16. The van der Waals surface area contributed by atoms with Crippen LogP contribution in [-0.4, -0.2) is 11.8 Å². The van der Waals surface area contributed by atoms with E-state index in [4.69, 9.17) is 0 Å². The van der Waals surface area contributed by atoms with E-state index in [1.807, 2.05) is 60.7 Å². The normalized spacial score (nSPS) is 24.0. The van der Waals surface area contributed by atoms with Gasteiger partial charge in [-0.05, 0) is 54.0 Å². The average Bonchev–Trinajstić information content (AvgIpc) is 3.69. The molecule has 4 heteroatoms. The van der Waals surface area contributed by atoms with Gasteiger partial charge in [-0.1, -0.05) is 66.7 Å². The summed E-state index contributed by atoms with van der Waals surface area (Å²) in [6.45, 7) is 0. The van der Waals surface area contributed by atoms with Gasteiger partial charge in [-0.15, -0.1) is 0 Å². The van der Waals surface area contributed by atoms with Crippen LogP contribution in [0, 0.1) is 11.8 Å². The predicted molar refractivity (Wildman–Crippen MR) is 118 cm³/mol. The van der Waals surface area contributed by atoms with Crippen molar-refractivity contribution in [2.45, 2.75) is 24.7 Å². The molecule has 0 unspecified atom stereocenters. The van der Waals surface area contributed by atoms with Gasteiger partial charge in [0.05, 0.1) is 0 Å². The first-order valence-electron chi connectivity index (χ1n) is 10.5. The molecule has 2 aliphatic carbocycles. The molecule has 2 N–H and O–H groups in total. The second kappa shape index (κ2) is 7.79.